The molecule has 1 heterocycles. The van der Waals surface area contributed by atoms with Gasteiger partial charge < -0.3 is 9.84 Å². The smallest absolute Gasteiger partial charge is 0.149 e. The molecular formula is C18H16O2S. The number of hydrogen-bond acceptors (Lipinski definition) is 3. The molecule has 0 radical (unpaired) electrons. The quantitative estimate of drug-likeness (QED) is 0.782. The zero-order valence-electron chi connectivity index (χ0n) is 11.5. The molecule has 1 fully saturated rings. The molecule has 0 amide bonds. The van der Waals surface area contributed by atoms with E-state index in [0.717, 1.165) is 17.6 Å². The summed E-state index contributed by atoms with van der Waals surface area (Å²) in [5.74, 6) is 1.09. The van der Waals surface area contributed by atoms with Gasteiger partial charge in [-0.3, -0.25) is 0 Å². The van der Waals surface area contributed by atoms with Gasteiger partial charge in [-0.2, -0.15) is 0 Å². The molecule has 3 heteroatoms. The average Bonchev–Trinajstić information content (AvgIpc) is 2.97. The Morgan fingerprint density at radius 1 is 1.10 bits per heavy atom. The Labute approximate surface area is 127 Å². The summed E-state index contributed by atoms with van der Waals surface area (Å²) < 4.78 is 6.42. The fourth-order valence-electron chi connectivity index (χ4n) is 3.00. The summed E-state index contributed by atoms with van der Waals surface area (Å²) in [6, 6.07) is 18.5. The first-order valence-corrected chi connectivity index (χ1v) is 8.03. The summed E-state index contributed by atoms with van der Waals surface area (Å²) in [6.07, 6.45) is 0.882. The van der Waals surface area contributed by atoms with Gasteiger partial charge in [-0.15, -0.1) is 11.3 Å². The van der Waals surface area contributed by atoms with Crippen molar-refractivity contribution in [3.63, 3.8) is 0 Å². The van der Waals surface area contributed by atoms with Crippen LogP contribution in [0.2, 0.25) is 0 Å². The normalized spacial score (nSPS) is 24.1. The van der Waals surface area contributed by atoms with Gasteiger partial charge in [0.05, 0.1) is 6.61 Å². The van der Waals surface area contributed by atoms with Crippen LogP contribution in [0, 0.1) is 5.92 Å². The summed E-state index contributed by atoms with van der Waals surface area (Å²) in [5.41, 5.74) is -0.340. The number of benzene rings is 2. The summed E-state index contributed by atoms with van der Waals surface area (Å²) >= 11 is 1.70. The van der Waals surface area contributed by atoms with Crippen LogP contribution in [0.5, 0.6) is 5.75 Å². The second-order valence-electron chi connectivity index (χ2n) is 5.53. The molecule has 2 aromatic carbocycles. The molecule has 1 saturated carbocycles. The van der Waals surface area contributed by atoms with Crippen molar-refractivity contribution < 1.29 is 9.84 Å². The minimum absolute atomic E-state index is 0.169. The summed E-state index contributed by atoms with van der Waals surface area (Å²) in [7, 11) is 0. The predicted octanol–water partition coefficient (Wildman–Crippen LogP) is 4.19. The maximum Gasteiger partial charge on any atom is 0.149 e. The van der Waals surface area contributed by atoms with E-state index in [2.05, 4.69) is 29.6 Å². The van der Waals surface area contributed by atoms with Gasteiger partial charge in [-0.1, -0.05) is 42.5 Å². The Morgan fingerprint density at radius 3 is 2.71 bits per heavy atom. The van der Waals surface area contributed by atoms with Gasteiger partial charge in [0.1, 0.15) is 11.4 Å². The van der Waals surface area contributed by atoms with Gasteiger partial charge in [0, 0.05) is 22.6 Å². The number of fused-ring (bicyclic) bond motifs is 1. The number of hydrogen-bond donors (Lipinski definition) is 1. The molecule has 4 rings (SSSR count). The third-order valence-electron chi connectivity index (χ3n) is 4.25. The lowest BCUT2D eigenvalue weighted by Crippen LogP contribution is -2.19. The highest BCUT2D eigenvalue weighted by atomic mass is 32.1. The van der Waals surface area contributed by atoms with E-state index in [-0.39, 0.29) is 18.1 Å². The molecule has 0 spiro atoms. The maximum atomic E-state index is 9.56. The molecule has 3 aromatic rings. The monoisotopic (exact) mass is 296 g/mol. The highest BCUT2D eigenvalue weighted by molar-refractivity contribution is 7.10. The first-order valence-electron chi connectivity index (χ1n) is 7.15. The number of rotatable bonds is 4. The molecule has 2 nitrogen and oxygen atoms in total. The van der Waals surface area contributed by atoms with Crippen LogP contribution in [0.25, 0.3) is 10.8 Å². The molecule has 106 valence electrons. The maximum absolute atomic E-state index is 9.56. The fourth-order valence-corrected chi connectivity index (χ4v) is 3.95. The highest BCUT2D eigenvalue weighted by Crippen LogP contribution is 2.56. The van der Waals surface area contributed by atoms with E-state index in [9.17, 15) is 5.11 Å². The Hall–Kier alpha value is -1.84. The van der Waals surface area contributed by atoms with Crippen molar-refractivity contribution in [1.82, 2.24) is 0 Å². The van der Waals surface area contributed by atoms with Crippen LogP contribution in [-0.4, -0.2) is 11.7 Å². The number of aliphatic hydroxyl groups is 1. The SMILES string of the molecule is OCC1CC1(Oc1cccc2ccccc12)c1cccs1. The van der Waals surface area contributed by atoms with Crippen LogP contribution < -0.4 is 4.74 Å². The molecule has 1 N–H and O–H groups in total. The molecule has 2 unspecified atom stereocenters. The van der Waals surface area contributed by atoms with Crippen LogP contribution in [0.4, 0.5) is 0 Å². The van der Waals surface area contributed by atoms with Crippen LogP contribution in [0.1, 0.15) is 11.3 Å². The number of thiophene rings is 1. The molecule has 0 aliphatic heterocycles. The van der Waals surface area contributed by atoms with E-state index in [1.165, 1.54) is 10.3 Å². The second-order valence-corrected chi connectivity index (χ2v) is 6.48. The molecule has 0 bridgehead atoms. The fraction of sp³-hybridized carbons (Fsp3) is 0.222. The van der Waals surface area contributed by atoms with Gasteiger partial charge in [0.25, 0.3) is 0 Å². The molecule has 1 aliphatic rings. The number of aliphatic hydroxyl groups excluding tert-OH is 1. The average molecular weight is 296 g/mol. The lowest BCUT2D eigenvalue weighted by molar-refractivity contribution is 0.141. The van der Waals surface area contributed by atoms with Gasteiger partial charge in [-0.25, -0.2) is 0 Å². The Kier molecular flexibility index (Phi) is 2.98. The van der Waals surface area contributed by atoms with E-state index in [0.29, 0.717) is 0 Å². The molecule has 21 heavy (non-hydrogen) atoms. The molecule has 0 saturated heterocycles. The third kappa shape index (κ3) is 2.04. The highest BCUT2D eigenvalue weighted by Gasteiger charge is 2.58. The lowest BCUT2D eigenvalue weighted by atomic mass is 10.1. The van der Waals surface area contributed by atoms with Gasteiger partial charge >= 0.3 is 0 Å². The summed E-state index contributed by atoms with van der Waals surface area (Å²) in [4.78, 5) is 1.20. The molecular weight excluding hydrogens is 280 g/mol. The van der Waals surface area contributed by atoms with Crippen molar-refractivity contribution in [2.75, 3.05) is 6.61 Å². The molecule has 1 aromatic heterocycles. The molecule has 1 aliphatic carbocycles. The topological polar surface area (TPSA) is 29.5 Å². The Balaban J connectivity index is 1.77. The van der Waals surface area contributed by atoms with Gasteiger partial charge in [0.15, 0.2) is 0 Å². The second kappa shape index (κ2) is 4.86. The Bertz CT molecular complexity index is 760. The summed E-state index contributed by atoms with van der Waals surface area (Å²) in [5, 5.41) is 13.9. The minimum Gasteiger partial charge on any atom is -0.481 e. The van der Waals surface area contributed by atoms with E-state index in [1.807, 2.05) is 30.3 Å². The van der Waals surface area contributed by atoms with Crippen molar-refractivity contribution in [2.24, 2.45) is 5.92 Å². The predicted molar refractivity (Wildman–Crippen MR) is 85.8 cm³/mol. The van der Waals surface area contributed by atoms with E-state index < -0.39 is 0 Å². The standard InChI is InChI=1S/C18H16O2S/c19-12-14-11-18(14,17-9-4-10-21-17)20-16-8-3-6-13-5-1-2-7-15(13)16/h1-10,14,19H,11-12H2. The molecule has 2 atom stereocenters. The minimum atomic E-state index is -0.340. The summed E-state index contributed by atoms with van der Waals surface area (Å²) in [6.45, 7) is 0.169. The lowest BCUT2D eigenvalue weighted by Gasteiger charge is -2.20. The largest absolute Gasteiger partial charge is 0.481 e. The third-order valence-corrected chi connectivity index (χ3v) is 5.28. The van der Waals surface area contributed by atoms with Gasteiger partial charge in [0.2, 0.25) is 0 Å². The van der Waals surface area contributed by atoms with Crippen molar-refractivity contribution in [3.8, 4) is 5.75 Å². The first-order chi connectivity index (χ1) is 10.3. The van der Waals surface area contributed by atoms with Crippen molar-refractivity contribution in [2.45, 2.75) is 12.0 Å². The van der Waals surface area contributed by atoms with Crippen molar-refractivity contribution in [3.05, 3.63) is 64.9 Å². The van der Waals surface area contributed by atoms with E-state index in [4.69, 9.17) is 4.74 Å². The zero-order chi connectivity index (χ0) is 14.3. The van der Waals surface area contributed by atoms with Gasteiger partial charge in [-0.05, 0) is 22.9 Å². The van der Waals surface area contributed by atoms with Crippen molar-refractivity contribution >= 4 is 22.1 Å². The van der Waals surface area contributed by atoms with Crippen LogP contribution >= 0.6 is 11.3 Å². The zero-order valence-corrected chi connectivity index (χ0v) is 12.3. The van der Waals surface area contributed by atoms with E-state index in [1.54, 1.807) is 11.3 Å². The first kappa shape index (κ1) is 12.9. The van der Waals surface area contributed by atoms with E-state index >= 15 is 0 Å². The van der Waals surface area contributed by atoms with Crippen LogP contribution in [0.15, 0.2) is 60.0 Å². The Morgan fingerprint density at radius 2 is 1.95 bits per heavy atom. The van der Waals surface area contributed by atoms with Crippen molar-refractivity contribution in [1.29, 1.82) is 0 Å². The number of ether oxygens (including phenoxy) is 1. The van der Waals surface area contributed by atoms with Crippen LogP contribution in [-0.2, 0) is 5.60 Å². The van der Waals surface area contributed by atoms with Crippen LogP contribution in [0.3, 0.4) is 0 Å².